The zero-order valence-electron chi connectivity index (χ0n) is 9.36. The van der Waals surface area contributed by atoms with Crippen molar-refractivity contribution in [3.8, 4) is 0 Å². The summed E-state index contributed by atoms with van der Waals surface area (Å²) in [6, 6.07) is 0. The first kappa shape index (κ1) is 13.4. The van der Waals surface area contributed by atoms with Crippen molar-refractivity contribution in [1.82, 2.24) is 0 Å². The number of aliphatic hydroxyl groups excluding tert-OH is 1. The molecule has 3 nitrogen and oxygen atoms in total. The second-order valence-corrected chi connectivity index (χ2v) is 3.96. The molecule has 0 bridgehead atoms. The molecule has 0 aromatic rings. The van der Waals surface area contributed by atoms with Gasteiger partial charge in [0.1, 0.15) is 0 Å². The number of aliphatic hydroxyl groups is 1. The summed E-state index contributed by atoms with van der Waals surface area (Å²) in [6.45, 7) is 5.88. The van der Waals surface area contributed by atoms with Crippen molar-refractivity contribution in [2.75, 3.05) is 0 Å². The van der Waals surface area contributed by atoms with Crippen molar-refractivity contribution >= 4 is 5.97 Å². The van der Waals surface area contributed by atoms with Crippen molar-refractivity contribution in [2.24, 2.45) is 11.8 Å². The van der Waals surface area contributed by atoms with E-state index in [1.807, 2.05) is 20.8 Å². The van der Waals surface area contributed by atoms with Crippen LogP contribution < -0.4 is 0 Å². The number of carbonyl (C=O) groups is 1. The van der Waals surface area contributed by atoms with Crippen LogP contribution in [0.2, 0.25) is 0 Å². The molecule has 0 aromatic heterocycles. The van der Waals surface area contributed by atoms with Crippen molar-refractivity contribution in [3.63, 3.8) is 0 Å². The first-order valence-electron chi connectivity index (χ1n) is 5.45. The van der Waals surface area contributed by atoms with Crippen molar-refractivity contribution < 1.29 is 15.0 Å². The molecule has 0 saturated heterocycles. The lowest BCUT2D eigenvalue weighted by Crippen LogP contribution is -2.33. The molecule has 2 N–H and O–H groups in total. The van der Waals surface area contributed by atoms with Crippen LogP contribution in [0.4, 0.5) is 0 Å². The van der Waals surface area contributed by atoms with E-state index in [4.69, 9.17) is 5.11 Å². The minimum Gasteiger partial charge on any atom is -0.481 e. The molecule has 0 saturated carbocycles. The molecule has 3 unspecified atom stereocenters. The fourth-order valence-electron chi connectivity index (χ4n) is 1.50. The van der Waals surface area contributed by atoms with Gasteiger partial charge < -0.3 is 10.2 Å². The van der Waals surface area contributed by atoms with Gasteiger partial charge in [0.2, 0.25) is 0 Å². The van der Waals surface area contributed by atoms with Gasteiger partial charge in [0.15, 0.2) is 0 Å². The van der Waals surface area contributed by atoms with Crippen molar-refractivity contribution in [1.29, 1.82) is 0 Å². The number of hydrogen-bond donors (Lipinski definition) is 2. The van der Waals surface area contributed by atoms with E-state index in [0.29, 0.717) is 6.42 Å². The van der Waals surface area contributed by atoms with Crippen molar-refractivity contribution in [2.45, 2.75) is 52.6 Å². The lowest BCUT2D eigenvalue weighted by atomic mass is 9.87. The standard InChI is InChI=1S/C11H22O3/c1-4-6-7-9(11(13)14)10(12)8(3)5-2/h8-10,12H,4-7H2,1-3H3,(H,13,14). The summed E-state index contributed by atoms with van der Waals surface area (Å²) in [4.78, 5) is 10.9. The molecule has 0 fully saturated rings. The molecule has 84 valence electrons. The van der Waals surface area contributed by atoms with Crippen LogP contribution in [-0.4, -0.2) is 22.3 Å². The van der Waals surface area contributed by atoms with Gasteiger partial charge in [0, 0.05) is 0 Å². The van der Waals surface area contributed by atoms with Crippen LogP contribution in [0, 0.1) is 11.8 Å². The summed E-state index contributed by atoms with van der Waals surface area (Å²) in [5.74, 6) is -1.40. The van der Waals surface area contributed by atoms with E-state index >= 15 is 0 Å². The van der Waals surface area contributed by atoms with Crippen LogP contribution in [0.1, 0.15) is 46.5 Å². The topological polar surface area (TPSA) is 57.5 Å². The van der Waals surface area contributed by atoms with E-state index < -0.39 is 18.0 Å². The molecule has 0 rings (SSSR count). The predicted molar refractivity (Wildman–Crippen MR) is 56.1 cm³/mol. The third-order valence-electron chi connectivity index (χ3n) is 2.83. The molecule has 14 heavy (non-hydrogen) atoms. The van der Waals surface area contributed by atoms with E-state index in [1.165, 1.54) is 0 Å². The third-order valence-corrected chi connectivity index (χ3v) is 2.83. The second kappa shape index (κ2) is 6.82. The van der Waals surface area contributed by atoms with Gasteiger partial charge in [0.05, 0.1) is 12.0 Å². The Morgan fingerprint density at radius 1 is 1.36 bits per heavy atom. The lowest BCUT2D eigenvalue weighted by molar-refractivity contribution is -0.147. The van der Waals surface area contributed by atoms with Gasteiger partial charge >= 0.3 is 5.97 Å². The average molecular weight is 202 g/mol. The van der Waals surface area contributed by atoms with E-state index in [1.54, 1.807) is 0 Å². The number of rotatable bonds is 7. The summed E-state index contributed by atoms with van der Waals surface area (Å²) in [7, 11) is 0. The van der Waals surface area contributed by atoms with Gasteiger partial charge in [-0.05, 0) is 12.3 Å². The van der Waals surface area contributed by atoms with Gasteiger partial charge in [-0.1, -0.05) is 40.0 Å². The summed E-state index contributed by atoms with van der Waals surface area (Å²) in [5, 5.41) is 18.7. The zero-order chi connectivity index (χ0) is 11.1. The maximum atomic E-state index is 10.9. The molecule has 0 aliphatic heterocycles. The van der Waals surface area contributed by atoms with Gasteiger partial charge in [-0.3, -0.25) is 4.79 Å². The SMILES string of the molecule is CCCCC(C(=O)O)C(O)C(C)CC. The zero-order valence-corrected chi connectivity index (χ0v) is 9.36. The Morgan fingerprint density at radius 2 is 1.93 bits per heavy atom. The summed E-state index contributed by atoms with van der Waals surface area (Å²) in [5.41, 5.74) is 0. The molecule has 0 heterocycles. The third kappa shape index (κ3) is 4.09. The molecule has 0 aliphatic carbocycles. The van der Waals surface area contributed by atoms with Crippen LogP contribution in [0.3, 0.4) is 0 Å². The Balaban J connectivity index is 4.25. The predicted octanol–water partition coefficient (Wildman–Crippen LogP) is 2.28. The van der Waals surface area contributed by atoms with Gasteiger partial charge in [-0.15, -0.1) is 0 Å². The highest BCUT2D eigenvalue weighted by atomic mass is 16.4. The van der Waals surface area contributed by atoms with Crippen LogP contribution in [0.15, 0.2) is 0 Å². The summed E-state index contributed by atoms with van der Waals surface area (Å²) < 4.78 is 0. The fourth-order valence-corrected chi connectivity index (χ4v) is 1.50. The molecule has 0 aliphatic rings. The van der Waals surface area contributed by atoms with E-state index in [9.17, 15) is 9.90 Å². The quantitative estimate of drug-likeness (QED) is 0.666. The number of carboxylic acid groups (broad SMARTS) is 1. The maximum Gasteiger partial charge on any atom is 0.309 e. The molecular formula is C11H22O3. The summed E-state index contributed by atoms with van der Waals surface area (Å²) in [6.07, 6.45) is 2.53. The number of carboxylic acids is 1. The Morgan fingerprint density at radius 3 is 2.29 bits per heavy atom. The van der Waals surface area contributed by atoms with E-state index in [-0.39, 0.29) is 5.92 Å². The molecule has 0 aromatic carbocycles. The first-order chi connectivity index (χ1) is 6.54. The smallest absolute Gasteiger partial charge is 0.309 e. The summed E-state index contributed by atoms with van der Waals surface area (Å²) >= 11 is 0. The van der Waals surface area contributed by atoms with E-state index in [2.05, 4.69) is 0 Å². The Labute approximate surface area is 86.1 Å². The molecule has 0 spiro atoms. The minimum atomic E-state index is -0.869. The van der Waals surface area contributed by atoms with E-state index in [0.717, 1.165) is 19.3 Å². The Hall–Kier alpha value is -0.570. The average Bonchev–Trinajstić information content (AvgIpc) is 2.16. The van der Waals surface area contributed by atoms with Crippen LogP contribution in [0.5, 0.6) is 0 Å². The highest BCUT2D eigenvalue weighted by Crippen LogP contribution is 2.21. The molecular weight excluding hydrogens is 180 g/mol. The molecule has 3 atom stereocenters. The van der Waals surface area contributed by atoms with Crippen LogP contribution >= 0.6 is 0 Å². The second-order valence-electron chi connectivity index (χ2n) is 3.96. The van der Waals surface area contributed by atoms with Crippen LogP contribution in [0.25, 0.3) is 0 Å². The Bertz CT molecular complexity index is 168. The highest BCUT2D eigenvalue weighted by molar-refractivity contribution is 5.70. The first-order valence-corrected chi connectivity index (χ1v) is 5.45. The van der Waals surface area contributed by atoms with Gasteiger partial charge in [-0.25, -0.2) is 0 Å². The number of unbranched alkanes of at least 4 members (excludes halogenated alkanes) is 1. The highest BCUT2D eigenvalue weighted by Gasteiger charge is 2.28. The number of aliphatic carboxylic acids is 1. The molecule has 0 amide bonds. The molecule has 3 heteroatoms. The maximum absolute atomic E-state index is 10.9. The monoisotopic (exact) mass is 202 g/mol. The Kier molecular flexibility index (Phi) is 6.54. The van der Waals surface area contributed by atoms with Gasteiger partial charge in [0.25, 0.3) is 0 Å². The molecule has 0 radical (unpaired) electrons. The van der Waals surface area contributed by atoms with Crippen molar-refractivity contribution in [3.05, 3.63) is 0 Å². The van der Waals surface area contributed by atoms with Crippen LogP contribution in [-0.2, 0) is 4.79 Å². The normalized spacial score (nSPS) is 17.4. The fraction of sp³-hybridized carbons (Fsp3) is 0.909. The number of hydrogen-bond acceptors (Lipinski definition) is 2. The van der Waals surface area contributed by atoms with Gasteiger partial charge in [-0.2, -0.15) is 0 Å². The minimum absolute atomic E-state index is 0.0629. The lowest BCUT2D eigenvalue weighted by Gasteiger charge is -2.23. The largest absolute Gasteiger partial charge is 0.481 e.